The average molecular weight is 256 g/mol. The van der Waals surface area contributed by atoms with Gasteiger partial charge in [-0.25, -0.2) is 9.78 Å². The minimum Gasteiger partial charge on any atom is -0.467 e. The van der Waals surface area contributed by atoms with E-state index in [1.54, 1.807) is 10.9 Å². The third kappa shape index (κ3) is 2.45. The van der Waals surface area contributed by atoms with Gasteiger partial charge in [0.25, 0.3) is 5.91 Å². The number of thiazole rings is 1. The van der Waals surface area contributed by atoms with Crippen molar-refractivity contribution in [3.63, 3.8) is 0 Å². The fourth-order valence-corrected chi connectivity index (χ4v) is 2.17. The molecule has 1 aromatic heterocycles. The Morgan fingerprint density at radius 3 is 3.12 bits per heavy atom. The molecule has 17 heavy (non-hydrogen) atoms. The number of hydrogen-bond acceptors (Lipinski definition) is 6. The Balaban J connectivity index is 2.16. The van der Waals surface area contributed by atoms with Crippen molar-refractivity contribution in [1.29, 1.82) is 0 Å². The second-order valence-electron chi connectivity index (χ2n) is 3.49. The van der Waals surface area contributed by atoms with Crippen LogP contribution in [0, 0.1) is 0 Å². The van der Waals surface area contributed by atoms with E-state index < -0.39 is 12.0 Å². The van der Waals surface area contributed by atoms with E-state index in [-0.39, 0.29) is 12.5 Å². The largest absolute Gasteiger partial charge is 0.467 e. The minimum atomic E-state index is -0.678. The van der Waals surface area contributed by atoms with Crippen LogP contribution in [-0.4, -0.2) is 54.7 Å². The smallest absolute Gasteiger partial charge is 0.331 e. The molecule has 0 aliphatic carbocycles. The van der Waals surface area contributed by atoms with Crippen LogP contribution < -0.4 is 0 Å². The number of methoxy groups -OCH3 is 1. The molecule has 1 aliphatic heterocycles. The summed E-state index contributed by atoms with van der Waals surface area (Å²) in [5.74, 6) is -0.724. The lowest BCUT2D eigenvalue weighted by Gasteiger charge is -2.33. The lowest BCUT2D eigenvalue weighted by molar-refractivity contribution is -0.151. The van der Waals surface area contributed by atoms with Gasteiger partial charge in [-0.15, -0.1) is 11.3 Å². The van der Waals surface area contributed by atoms with Crippen molar-refractivity contribution in [2.45, 2.75) is 6.04 Å². The van der Waals surface area contributed by atoms with Crippen molar-refractivity contribution in [3.05, 3.63) is 16.6 Å². The Morgan fingerprint density at radius 1 is 1.65 bits per heavy atom. The molecule has 0 N–H and O–H groups in total. The van der Waals surface area contributed by atoms with Crippen LogP contribution in [0.15, 0.2) is 10.9 Å². The Kier molecular flexibility index (Phi) is 3.70. The Bertz CT molecular complexity index is 406. The molecule has 0 bridgehead atoms. The van der Waals surface area contributed by atoms with Gasteiger partial charge in [-0.3, -0.25) is 4.79 Å². The maximum Gasteiger partial charge on any atom is 0.331 e. The summed E-state index contributed by atoms with van der Waals surface area (Å²) in [6, 6.07) is -0.678. The van der Waals surface area contributed by atoms with Crippen LogP contribution >= 0.6 is 11.3 Å². The Hall–Kier alpha value is -1.47. The van der Waals surface area contributed by atoms with E-state index in [1.165, 1.54) is 23.3 Å². The van der Waals surface area contributed by atoms with Crippen molar-refractivity contribution in [2.24, 2.45) is 0 Å². The van der Waals surface area contributed by atoms with Crippen molar-refractivity contribution in [3.8, 4) is 0 Å². The molecule has 0 saturated carbocycles. The number of amides is 1. The molecule has 92 valence electrons. The molecule has 1 aliphatic rings. The van der Waals surface area contributed by atoms with Crippen molar-refractivity contribution in [1.82, 2.24) is 9.88 Å². The van der Waals surface area contributed by atoms with Crippen LogP contribution in [0.4, 0.5) is 0 Å². The second-order valence-corrected chi connectivity index (χ2v) is 4.20. The minimum absolute atomic E-state index is 0.169. The predicted octanol–water partition coefficient (Wildman–Crippen LogP) is 0.157. The number of esters is 1. The van der Waals surface area contributed by atoms with Gasteiger partial charge >= 0.3 is 5.97 Å². The molecule has 0 aromatic carbocycles. The summed E-state index contributed by atoms with van der Waals surface area (Å²) >= 11 is 1.34. The van der Waals surface area contributed by atoms with Crippen molar-refractivity contribution in [2.75, 3.05) is 26.9 Å². The number of carbonyl (C=O) groups is 2. The molecule has 1 saturated heterocycles. The number of morpholine rings is 1. The summed E-state index contributed by atoms with van der Waals surface area (Å²) in [6.45, 7) is 0.960. The first-order valence-electron chi connectivity index (χ1n) is 5.08. The highest BCUT2D eigenvalue weighted by Gasteiger charge is 2.34. The molecule has 1 fully saturated rings. The van der Waals surface area contributed by atoms with Crippen LogP contribution in [0.5, 0.6) is 0 Å². The van der Waals surface area contributed by atoms with Gasteiger partial charge in [0.2, 0.25) is 0 Å². The standard InChI is InChI=1S/C10H12N2O4S/c1-15-10(14)8-4-16-3-2-12(8)9(13)7-5-17-6-11-7/h5-6,8H,2-4H2,1H3. The second kappa shape index (κ2) is 5.24. The van der Waals surface area contributed by atoms with E-state index in [1.807, 2.05) is 0 Å². The lowest BCUT2D eigenvalue weighted by Crippen LogP contribution is -2.53. The quantitative estimate of drug-likeness (QED) is 0.705. The first-order valence-corrected chi connectivity index (χ1v) is 6.03. The van der Waals surface area contributed by atoms with Crippen molar-refractivity contribution < 1.29 is 19.1 Å². The first kappa shape index (κ1) is 12.0. The fourth-order valence-electron chi connectivity index (χ4n) is 1.64. The summed E-state index contributed by atoms with van der Waals surface area (Å²) in [4.78, 5) is 29.0. The Labute approximate surface area is 102 Å². The summed E-state index contributed by atoms with van der Waals surface area (Å²) in [5.41, 5.74) is 1.94. The zero-order chi connectivity index (χ0) is 12.3. The highest BCUT2D eigenvalue weighted by atomic mass is 32.1. The van der Waals surface area contributed by atoms with Crippen molar-refractivity contribution >= 4 is 23.2 Å². The number of aromatic nitrogens is 1. The fraction of sp³-hybridized carbons (Fsp3) is 0.500. The lowest BCUT2D eigenvalue weighted by atomic mass is 10.2. The van der Waals surface area contributed by atoms with Gasteiger partial charge in [0.1, 0.15) is 5.69 Å². The third-order valence-corrected chi connectivity index (χ3v) is 3.10. The number of carbonyl (C=O) groups excluding carboxylic acids is 2. The van der Waals surface area contributed by atoms with E-state index in [2.05, 4.69) is 9.72 Å². The van der Waals surface area contributed by atoms with E-state index >= 15 is 0 Å². The molecule has 2 heterocycles. The molecular formula is C10H12N2O4S. The molecule has 1 atom stereocenters. The van der Waals surface area contributed by atoms with Gasteiger partial charge in [-0.2, -0.15) is 0 Å². The highest BCUT2D eigenvalue weighted by molar-refractivity contribution is 7.07. The van der Waals surface area contributed by atoms with Crippen LogP contribution in [0.3, 0.4) is 0 Å². The topological polar surface area (TPSA) is 68.7 Å². The van der Waals surface area contributed by atoms with Gasteiger partial charge in [-0.1, -0.05) is 0 Å². The molecule has 1 aromatic rings. The van der Waals surface area contributed by atoms with Gasteiger partial charge < -0.3 is 14.4 Å². The maximum absolute atomic E-state index is 12.1. The molecular weight excluding hydrogens is 244 g/mol. The number of ether oxygens (including phenoxy) is 2. The van der Waals surface area contributed by atoms with Gasteiger partial charge in [0.05, 0.1) is 25.8 Å². The molecule has 6 nitrogen and oxygen atoms in total. The van der Waals surface area contributed by atoms with Crippen LogP contribution in [0.1, 0.15) is 10.5 Å². The highest BCUT2D eigenvalue weighted by Crippen LogP contribution is 2.13. The van der Waals surface area contributed by atoms with Gasteiger partial charge in [0, 0.05) is 11.9 Å². The summed E-state index contributed by atoms with van der Waals surface area (Å²) in [6.07, 6.45) is 0. The predicted molar refractivity (Wildman–Crippen MR) is 59.8 cm³/mol. The first-order chi connectivity index (χ1) is 8.24. The molecule has 0 radical (unpaired) electrons. The van der Waals surface area contributed by atoms with Crippen LogP contribution in [0.25, 0.3) is 0 Å². The maximum atomic E-state index is 12.1. The molecule has 7 heteroatoms. The summed E-state index contributed by atoms with van der Waals surface area (Å²) in [5, 5.41) is 1.66. The molecule has 1 amide bonds. The summed E-state index contributed by atoms with van der Waals surface area (Å²) < 4.78 is 9.85. The normalized spacial score (nSPS) is 20.1. The Morgan fingerprint density at radius 2 is 2.47 bits per heavy atom. The van der Waals surface area contributed by atoms with E-state index in [4.69, 9.17) is 4.74 Å². The van der Waals surface area contributed by atoms with Gasteiger partial charge in [0.15, 0.2) is 6.04 Å². The molecule has 1 unspecified atom stereocenters. The third-order valence-electron chi connectivity index (χ3n) is 2.51. The zero-order valence-corrected chi connectivity index (χ0v) is 10.1. The number of nitrogens with zero attached hydrogens (tertiary/aromatic N) is 2. The summed E-state index contributed by atoms with van der Waals surface area (Å²) in [7, 11) is 1.29. The van der Waals surface area contributed by atoms with E-state index in [0.717, 1.165) is 0 Å². The molecule has 0 spiro atoms. The molecule has 2 rings (SSSR count). The van der Waals surface area contributed by atoms with Crippen LogP contribution in [0.2, 0.25) is 0 Å². The zero-order valence-electron chi connectivity index (χ0n) is 9.29. The number of rotatable bonds is 2. The van der Waals surface area contributed by atoms with E-state index in [0.29, 0.717) is 18.8 Å². The van der Waals surface area contributed by atoms with E-state index in [9.17, 15) is 9.59 Å². The monoisotopic (exact) mass is 256 g/mol. The average Bonchev–Trinajstić information content (AvgIpc) is 2.91. The van der Waals surface area contributed by atoms with Gasteiger partial charge in [-0.05, 0) is 0 Å². The SMILES string of the molecule is COC(=O)C1COCCN1C(=O)c1cscn1. The number of hydrogen-bond donors (Lipinski definition) is 0. The van der Waals surface area contributed by atoms with Crippen LogP contribution in [-0.2, 0) is 14.3 Å².